The van der Waals surface area contributed by atoms with Crippen molar-refractivity contribution in [3.63, 3.8) is 0 Å². The van der Waals surface area contributed by atoms with E-state index >= 15 is 0 Å². The Morgan fingerprint density at radius 1 is 0.914 bits per heavy atom. The van der Waals surface area contributed by atoms with Gasteiger partial charge in [0.15, 0.2) is 0 Å². The highest BCUT2D eigenvalue weighted by molar-refractivity contribution is 6.01. The molecule has 0 radical (unpaired) electrons. The third-order valence-corrected chi connectivity index (χ3v) is 6.46. The topological polar surface area (TPSA) is 50.2 Å². The maximum absolute atomic E-state index is 13.6. The van der Waals surface area contributed by atoms with Crippen LogP contribution in [0.2, 0.25) is 0 Å². The molecule has 0 aliphatic heterocycles. The summed E-state index contributed by atoms with van der Waals surface area (Å²) in [6, 6.07) is 20.0. The second kappa shape index (κ2) is 13.8. The Labute approximate surface area is 211 Å². The summed E-state index contributed by atoms with van der Waals surface area (Å²) in [7, 11) is 0. The highest BCUT2D eigenvalue weighted by atomic mass is 16.1. The summed E-state index contributed by atoms with van der Waals surface area (Å²) in [4.78, 5) is 16.2. The van der Waals surface area contributed by atoms with Gasteiger partial charge in [0, 0.05) is 18.2 Å². The summed E-state index contributed by atoms with van der Waals surface area (Å²) >= 11 is 0. The van der Waals surface area contributed by atoms with Gasteiger partial charge in [0.2, 0.25) is 0 Å². The molecule has 5 heteroatoms. The Morgan fingerprint density at radius 2 is 1.49 bits per heavy atom. The van der Waals surface area contributed by atoms with Gasteiger partial charge in [0.05, 0.1) is 16.9 Å². The molecular formula is C30H42N4O. The van der Waals surface area contributed by atoms with Gasteiger partial charge in [-0.15, -0.1) is 0 Å². The first-order valence-corrected chi connectivity index (χ1v) is 13.3. The number of para-hydroxylation sites is 1. The van der Waals surface area contributed by atoms with Gasteiger partial charge in [-0.05, 0) is 51.9 Å². The first-order valence-electron chi connectivity index (χ1n) is 13.3. The predicted octanol–water partition coefficient (Wildman–Crippen LogP) is 6.65. The normalized spacial score (nSPS) is 12.1. The molecule has 1 N–H and O–H groups in total. The largest absolute Gasteiger partial charge is 0.348 e. The van der Waals surface area contributed by atoms with Gasteiger partial charge in [0.1, 0.15) is 5.69 Å². The van der Waals surface area contributed by atoms with E-state index in [2.05, 4.69) is 31.0 Å². The summed E-state index contributed by atoms with van der Waals surface area (Å²) < 4.78 is 1.88. The molecule has 1 atom stereocenters. The number of hydrogen-bond donors (Lipinski definition) is 1. The van der Waals surface area contributed by atoms with Crippen molar-refractivity contribution < 1.29 is 4.79 Å². The minimum absolute atomic E-state index is 0.0499. The fraction of sp³-hybridized carbons (Fsp3) is 0.467. The number of carbonyl (C=O) groups excluding carboxylic acids is 1. The van der Waals surface area contributed by atoms with E-state index in [9.17, 15) is 4.79 Å². The number of nitrogens with zero attached hydrogens (tertiary/aromatic N) is 3. The average molecular weight is 475 g/mol. The molecule has 0 saturated carbocycles. The van der Waals surface area contributed by atoms with Crippen LogP contribution < -0.4 is 5.32 Å². The van der Waals surface area contributed by atoms with Gasteiger partial charge in [0.25, 0.3) is 5.91 Å². The smallest absolute Gasteiger partial charge is 0.255 e. The maximum atomic E-state index is 13.6. The van der Waals surface area contributed by atoms with Crippen LogP contribution in [0, 0.1) is 6.92 Å². The van der Waals surface area contributed by atoms with Crippen molar-refractivity contribution in [2.75, 3.05) is 19.6 Å². The van der Waals surface area contributed by atoms with Crippen LogP contribution in [0.5, 0.6) is 0 Å². The van der Waals surface area contributed by atoms with Crippen LogP contribution >= 0.6 is 0 Å². The van der Waals surface area contributed by atoms with Crippen LogP contribution in [0.4, 0.5) is 0 Å². The lowest BCUT2D eigenvalue weighted by molar-refractivity contribution is 0.0928. The van der Waals surface area contributed by atoms with Crippen LogP contribution in [0.25, 0.3) is 16.9 Å². The van der Waals surface area contributed by atoms with E-state index in [1.165, 1.54) is 38.5 Å². The molecule has 0 aliphatic rings. The van der Waals surface area contributed by atoms with E-state index < -0.39 is 0 Å². The van der Waals surface area contributed by atoms with Crippen LogP contribution in [-0.4, -0.2) is 46.3 Å². The molecule has 0 saturated heterocycles. The minimum Gasteiger partial charge on any atom is -0.348 e. The van der Waals surface area contributed by atoms with Gasteiger partial charge in [-0.25, -0.2) is 4.68 Å². The van der Waals surface area contributed by atoms with Gasteiger partial charge in [-0.2, -0.15) is 5.10 Å². The Bertz CT molecular complexity index is 1020. The zero-order valence-corrected chi connectivity index (χ0v) is 22.0. The third-order valence-electron chi connectivity index (χ3n) is 6.46. The Kier molecular flexibility index (Phi) is 10.5. The van der Waals surface area contributed by atoms with Crippen LogP contribution in [0.1, 0.15) is 75.3 Å². The Morgan fingerprint density at radius 3 is 2.06 bits per heavy atom. The Balaban J connectivity index is 1.81. The van der Waals surface area contributed by atoms with Crippen molar-refractivity contribution in [2.24, 2.45) is 0 Å². The fourth-order valence-corrected chi connectivity index (χ4v) is 4.59. The summed E-state index contributed by atoms with van der Waals surface area (Å²) in [5.41, 5.74) is 4.12. The second-order valence-corrected chi connectivity index (χ2v) is 9.51. The summed E-state index contributed by atoms with van der Waals surface area (Å²) in [5, 5.41) is 8.17. The molecule has 3 aromatic rings. The van der Waals surface area contributed by atoms with Crippen molar-refractivity contribution in [2.45, 2.75) is 72.3 Å². The molecular weight excluding hydrogens is 432 g/mol. The molecule has 3 rings (SSSR count). The van der Waals surface area contributed by atoms with E-state index in [0.717, 1.165) is 42.3 Å². The number of unbranched alkanes of at least 4 members (excludes halogenated alkanes) is 4. The maximum Gasteiger partial charge on any atom is 0.255 e. The minimum atomic E-state index is -0.0573. The molecule has 0 aliphatic carbocycles. The number of amides is 1. The van der Waals surface area contributed by atoms with E-state index in [4.69, 9.17) is 5.10 Å². The molecule has 1 amide bonds. The van der Waals surface area contributed by atoms with Crippen LogP contribution in [0.3, 0.4) is 0 Å². The second-order valence-electron chi connectivity index (χ2n) is 9.51. The summed E-state index contributed by atoms with van der Waals surface area (Å²) in [5.74, 6) is -0.0573. The Hall–Kier alpha value is -2.92. The first-order chi connectivity index (χ1) is 17.0. The van der Waals surface area contributed by atoms with Gasteiger partial charge < -0.3 is 10.2 Å². The number of benzene rings is 2. The highest BCUT2D eigenvalue weighted by Crippen LogP contribution is 2.27. The van der Waals surface area contributed by atoms with Gasteiger partial charge in [-0.1, -0.05) is 88.1 Å². The fourth-order valence-electron chi connectivity index (χ4n) is 4.59. The van der Waals surface area contributed by atoms with Gasteiger partial charge in [-0.3, -0.25) is 4.79 Å². The van der Waals surface area contributed by atoms with Crippen LogP contribution in [-0.2, 0) is 0 Å². The number of aromatic nitrogens is 2. The van der Waals surface area contributed by atoms with Crippen molar-refractivity contribution >= 4 is 5.91 Å². The molecule has 1 unspecified atom stereocenters. The molecule has 2 aromatic carbocycles. The van der Waals surface area contributed by atoms with E-state index in [0.29, 0.717) is 5.56 Å². The number of rotatable bonds is 14. The molecule has 1 heterocycles. The number of carbonyl (C=O) groups is 1. The number of hydrogen-bond acceptors (Lipinski definition) is 3. The van der Waals surface area contributed by atoms with E-state index in [1.54, 1.807) is 0 Å². The van der Waals surface area contributed by atoms with E-state index in [-0.39, 0.29) is 11.9 Å². The summed E-state index contributed by atoms with van der Waals surface area (Å²) in [6.07, 6.45) is 7.38. The molecule has 0 fully saturated rings. The lowest BCUT2D eigenvalue weighted by Crippen LogP contribution is -2.43. The molecule has 35 heavy (non-hydrogen) atoms. The molecule has 0 bridgehead atoms. The van der Waals surface area contributed by atoms with Crippen LogP contribution in [0.15, 0.2) is 60.7 Å². The lowest BCUT2D eigenvalue weighted by Gasteiger charge is -2.26. The van der Waals surface area contributed by atoms with Crippen molar-refractivity contribution in [1.82, 2.24) is 20.0 Å². The zero-order chi connectivity index (χ0) is 25.0. The SMILES string of the molecule is CCCCCN(CCCCC)CC(C)NC(=O)c1c(-c2ccccc2)nn(-c2ccccc2)c1C. The monoisotopic (exact) mass is 474 g/mol. The first kappa shape index (κ1) is 26.7. The van der Waals surface area contributed by atoms with Crippen molar-refractivity contribution in [1.29, 1.82) is 0 Å². The van der Waals surface area contributed by atoms with E-state index in [1.807, 2.05) is 72.3 Å². The van der Waals surface area contributed by atoms with Crippen molar-refractivity contribution in [3.05, 3.63) is 71.9 Å². The molecule has 0 spiro atoms. The molecule has 1 aromatic heterocycles. The highest BCUT2D eigenvalue weighted by Gasteiger charge is 2.24. The van der Waals surface area contributed by atoms with Crippen molar-refractivity contribution in [3.8, 4) is 16.9 Å². The van der Waals surface area contributed by atoms with Gasteiger partial charge >= 0.3 is 0 Å². The molecule has 5 nitrogen and oxygen atoms in total. The lowest BCUT2D eigenvalue weighted by atomic mass is 10.0. The third kappa shape index (κ3) is 7.53. The number of nitrogens with one attached hydrogen (secondary N) is 1. The average Bonchev–Trinajstić information content (AvgIpc) is 3.22. The molecule has 188 valence electrons. The zero-order valence-electron chi connectivity index (χ0n) is 22.0. The summed E-state index contributed by atoms with van der Waals surface area (Å²) in [6.45, 7) is 11.6. The standard InChI is InChI=1S/C30H42N4O/c1-5-7-15-21-33(22-16-8-6-2)23-24(3)31-30(35)28-25(4)34(27-19-13-10-14-20-27)32-29(28)26-17-11-9-12-18-26/h9-14,17-20,24H,5-8,15-16,21-23H2,1-4H3,(H,31,35). The predicted molar refractivity (Wildman–Crippen MR) is 146 cm³/mol. The quantitative estimate of drug-likeness (QED) is 0.266.